The Bertz CT molecular complexity index is 693. The number of allylic oxidation sites excluding steroid dienone is 4. The van der Waals surface area contributed by atoms with Crippen LogP contribution in [-0.4, -0.2) is 0 Å². The molecule has 0 heterocycles. The van der Waals surface area contributed by atoms with Gasteiger partial charge < -0.3 is 0 Å². The second-order valence-electron chi connectivity index (χ2n) is 5.98. The van der Waals surface area contributed by atoms with E-state index in [-0.39, 0.29) is 5.41 Å². The van der Waals surface area contributed by atoms with Crippen LogP contribution in [0.15, 0.2) is 78.9 Å². The predicted octanol–water partition coefficient (Wildman–Crippen LogP) is 4.83. The minimum absolute atomic E-state index is 0.0732. The fourth-order valence-electron chi connectivity index (χ4n) is 4.03. The molecule has 0 spiro atoms. The molecule has 20 heavy (non-hydrogen) atoms. The molecule has 0 heteroatoms. The predicted molar refractivity (Wildman–Crippen MR) is 83.8 cm³/mol. The van der Waals surface area contributed by atoms with E-state index in [2.05, 4.69) is 85.8 Å². The average molecular weight is 258 g/mol. The van der Waals surface area contributed by atoms with Gasteiger partial charge in [0.1, 0.15) is 0 Å². The lowest BCUT2D eigenvalue weighted by atomic mass is 9.68. The first-order valence-electron chi connectivity index (χ1n) is 7.32. The first-order chi connectivity index (χ1) is 9.82. The van der Waals surface area contributed by atoms with E-state index in [0.29, 0.717) is 11.8 Å². The van der Waals surface area contributed by atoms with Crippen LogP contribution in [0.25, 0.3) is 0 Å². The zero-order chi connectivity index (χ0) is 13.6. The van der Waals surface area contributed by atoms with Gasteiger partial charge in [-0.25, -0.2) is 0 Å². The number of benzene rings is 2. The lowest BCUT2D eigenvalue weighted by Gasteiger charge is -2.34. The van der Waals surface area contributed by atoms with E-state index in [4.69, 9.17) is 0 Å². The lowest BCUT2D eigenvalue weighted by molar-refractivity contribution is 0.426. The van der Waals surface area contributed by atoms with Gasteiger partial charge in [0.25, 0.3) is 0 Å². The van der Waals surface area contributed by atoms with Crippen molar-refractivity contribution in [2.75, 3.05) is 0 Å². The molecular formula is C20H18. The zero-order valence-corrected chi connectivity index (χ0v) is 11.7. The molecule has 2 aromatic rings. The Morgan fingerprint density at radius 1 is 0.800 bits per heavy atom. The summed E-state index contributed by atoms with van der Waals surface area (Å²) in [5, 5.41) is 0. The molecule has 4 rings (SSSR count). The Morgan fingerprint density at radius 2 is 1.50 bits per heavy atom. The van der Waals surface area contributed by atoms with Gasteiger partial charge in [-0.1, -0.05) is 85.8 Å². The van der Waals surface area contributed by atoms with Crippen LogP contribution in [0.4, 0.5) is 0 Å². The van der Waals surface area contributed by atoms with Gasteiger partial charge in [-0.2, -0.15) is 0 Å². The molecule has 0 saturated carbocycles. The number of hydrogen-bond donors (Lipinski definition) is 0. The van der Waals surface area contributed by atoms with Gasteiger partial charge in [0.15, 0.2) is 0 Å². The molecule has 0 bridgehead atoms. The maximum atomic E-state index is 2.40. The molecule has 0 fully saturated rings. The molecule has 0 aromatic heterocycles. The summed E-state index contributed by atoms with van der Waals surface area (Å²) in [4.78, 5) is 0. The van der Waals surface area contributed by atoms with Crippen molar-refractivity contribution < 1.29 is 0 Å². The van der Waals surface area contributed by atoms with E-state index >= 15 is 0 Å². The van der Waals surface area contributed by atoms with E-state index in [1.54, 1.807) is 0 Å². The van der Waals surface area contributed by atoms with Crippen LogP contribution < -0.4 is 0 Å². The summed E-state index contributed by atoms with van der Waals surface area (Å²) in [5.41, 5.74) is 4.46. The Morgan fingerprint density at radius 3 is 2.35 bits per heavy atom. The molecule has 2 aromatic carbocycles. The smallest absolute Gasteiger partial charge is 0.0249 e. The second-order valence-corrected chi connectivity index (χ2v) is 5.98. The molecule has 2 aliphatic carbocycles. The van der Waals surface area contributed by atoms with Gasteiger partial charge >= 0.3 is 0 Å². The second kappa shape index (κ2) is 4.21. The summed E-state index contributed by atoms with van der Waals surface area (Å²) < 4.78 is 0. The third-order valence-corrected chi connectivity index (χ3v) is 5.05. The Kier molecular flexibility index (Phi) is 2.47. The SMILES string of the molecule is CC1(c2ccccc2)c2ccccc2C2C=CC=CC21. The highest BCUT2D eigenvalue weighted by Crippen LogP contribution is 2.55. The van der Waals surface area contributed by atoms with E-state index < -0.39 is 0 Å². The maximum Gasteiger partial charge on any atom is 0.0249 e. The van der Waals surface area contributed by atoms with Crippen molar-refractivity contribution in [1.82, 2.24) is 0 Å². The minimum Gasteiger partial charge on any atom is -0.0793 e. The third kappa shape index (κ3) is 1.42. The van der Waals surface area contributed by atoms with Crippen molar-refractivity contribution in [3.8, 4) is 0 Å². The van der Waals surface area contributed by atoms with Crippen molar-refractivity contribution in [3.05, 3.63) is 95.6 Å². The fraction of sp³-hybridized carbons (Fsp3) is 0.200. The molecule has 0 aliphatic heterocycles. The summed E-state index contributed by atoms with van der Waals surface area (Å²) in [6.45, 7) is 2.40. The van der Waals surface area contributed by atoms with Crippen LogP contribution in [-0.2, 0) is 5.41 Å². The van der Waals surface area contributed by atoms with Crippen LogP contribution in [0.3, 0.4) is 0 Å². The monoisotopic (exact) mass is 258 g/mol. The molecule has 2 aliphatic rings. The molecule has 0 saturated heterocycles. The highest BCUT2D eigenvalue weighted by atomic mass is 14.5. The van der Waals surface area contributed by atoms with Gasteiger partial charge in [-0.05, 0) is 16.7 Å². The van der Waals surface area contributed by atoms with E-state index in [1.807, 2.05) is 0 Å². The van der Waals surface area contributed by atoms with E-state index in [1.165, 1.54) is 16.7 Å². The molecular weight excluding hydrogens is 240 g/mol. The topological polar surface area (TPSA) is 0 Å². The van der Waals surface area contributed by atoms with Crippen molar-refractivity contribution in [2.24, 2.45) is 5.92 Å². The summed E-state index contributed by atoms with van der Waals surface area (Å²) in [5.74, 6) is 1.04. The summed E-state index contributed by atoms with van der Waals surface area (Å²) in [6, 6.07) is 19.9. The number of fused-ring (bicyclic) bond motifs is 3. The van der Waals surface area contributed by atoms with Crippen LogP contribution in [0, 0.1) is 5.92 Å². The third-order valence-electron chi connectivity index (χ3n) is 5.05. The zero-order valence-electron chi connectivity index (χ0n) is 11.7. The summed E-state index contributed by atoms with van der Waals surface area (Å²) in [7, 11) is 0. The van der Waals surface area contributed by atoms with Crippen molar-refractivity contribution in [2.45, 2.75) is 18.3 Å². The Hall–Kier alpha value is -2.08. The molecule has 3 unspecified atom stereocenters. The van der Waals surface area contributed by atoms with Gasteiger partial charge in [-0.15, -0.1) is 0 Å². The molecule has 98 valence electrons. The van der Waals surface area contributed by atoms with Crippen molar-refractivity contribution >= 4 is 0 Å². The molecule has 0 radical (unpaired) electrons. The average Bonchev–Trinajstić information content (AvgIpc) is 2.80. The standard InChI is InChI=1S/C20H18/c1-20(15-9-3-2-4-10-15)18-13-7-5-11-16(18)17-12-6-8-14-19(17)20/h2-14,16,18H,1H3. The highest BCUT2D eigenvalue weighted by molar-refractivity contribution is 5.55. The first-order valence-corrected chi connectivity index (χ1v) is 7.32. The quantitative estimate of drug-likeness (QED) is 0.687. The summed E-state index contributed by atoms with van der Waals surface area (Å²) >= 11 is 0. The van der Waals surface area contributed by atoms with Crippen molar-refractivity contribution in [3.63, 3.8) is 0 Å². The normalized spacial score (nSPS) is 30.1. The van der Waals surface area contributed by atoms with Crippen LogP contribution in [0.2, 0.25) is 0 Å². The van der Waals surface area contributed by atoms with E-state index in [0.717, 1.165) is 0 Å². The first kappa shape index (κ1) is 11.7. The van der Waals surface area contributed by atoms with Gasteiger partial charge in [-0.3, -0.25) is 0 Å². The largest absolute Gasteiger partial charge is 0.0793 e. The van der Waals surface area contributed by atoms with Crippen LogP contribution in [0.5, 0.6) is 0 Å². The molecule has 0 N–H and O–H groups in total. The molecule has 0 amide bonds. The molecule has 0 nitrogen and oxygen atoms in total. The van der Waals surface area contributed by atoms with Crippen LogP contribution >= 0.6 is 0 Å². The fourth-order valence-corrected chi connectivity index (χ4v) is 4.03. The van der Waals surface area contributed by atoms with Gasteiger partial charge in [0.05, 0.1) is 0 Å². The Labute approximate surface area is 120 Å². The lowest BCUT2D eigenvalue weighted by Crippen LogP contribution is -2.29. The number of rotatable bonds is 1. The number of hydrogen-bond acceptors (Lipinski definition) is 0. The van der Waals surface area contributed by atoms with Crippen molar-refractivity contribution in [1.29, 1.82) is 0 Å². The molecule has 3 atom stereocenters. The van der Waals surface area contributed by atoms with Gasteiger partial charge in [0, 0.05) is 17.3 Å². The maximum absolute atomic E-state index is 2.40. The Balaban J connectivity index is 1.99. The van der Waals surface area contributed by atoms with Crippen LogP contribution in [0.1, 0.15) is 29.5 Å². The minimum atomic E-state index is 0.0732. The van der Waals surface area contributed by atoms with E-state index in [9.17, 15) is 0 Å². The van der Waals surface area contributed by atoms with Gasteiger partial charge in [0.2, 0.25) is 0 Å². The summed E-state index contributed by atoms with van der Waals surface area (Å²) in [6.07, 6.45) is 9.14. The highest BCUT2D eigenvalue weighted by Gasteiger charge is 2.48.